The molecule has 2 fully saturated rings. The molecule has 1 N–H and O–H groups in total. The minimum atomic E-state index is -2.80. The number of hydrogen-bond donors (Lipinski definition) is 1. The summed E-state index contributed by atoms with van der Waals surface area (Å²) < 4.78 is 94.9. The number of imide groups is 1. The van der Waals surface area contributed by atoms with E-state index in [2.05, 4.69) is 4.98 Å². The molecule has 1 saturated carbocycles. The summed E-state index contributed by atoms with van der Waals surface area (Å²) in [6, 6.07) is 5.82. The van der Waals surface area contributed by atoms with E-state index in [0.29, 0.717) is 28.1 Å². The van der Waals surface area contributed by atoms with Crippen molar-refractivity contribution in [2.75, 3.05) is 19.1 Å². The zero-order valence-electron chi connectivity index (χ0n) is 32.3. The van der Waals surface area contributed by atoms with E-state index in [-0.39, 0.29) is 59.2 Å². The van der Waals surface area contributed by atoms with Gasteiger partial charge in [0.1, 0.15) is 22.9 Å². The molecule has 15 nitrogen and oxygen atoms in total. The second-order valence-electron chi connectivity index (χ2n) is 15.0. The van der Waals surface area contributed by atoms with Crippen molar-refractivity contribution in [3.05, 3.63) is 125 Å². The Hall–Kier alpha value is -6.41. The third-order valence-corrected chi connectivity index (χ3v) is 13.3. The molecule has 2 aromatic heterocycles. The molecule has 4 unspecified atom stereocenters. The number of phenolic OH excluding ortho intramolecular Hbond substituents is 1. The molecule has 322 valence electrons. The Morgan fingerprint density at radius 3 is 2.24 bits per heavy atom. The summed E-state index contributed by atoms with van der Waals surface area (Å²) in [5, 5.41) is 10.3. The third kappa shape index (κ3) is 5.41. The molecule has 0 bridgehead atoms. The smallest absolute Gasteiger partial charge is 0.347 e. The summed E-state index contributed by atoms with van der Waals surface area (Å²) in [4.78, 5) is 69.6. The molecular weight excluding hydrogens is 874 g/mol. The van der Waals surface area contributed by atoms with Crippen LogP contribution in [0, 0.1) is 35.0 Å². The number of allylic oxidation sites excluding steroid dienone is 3. The van der Waals surface area contributed by atoms with E-state index in [4.69, 9.17) is 37.4 Å². The Kier molecular flexibility index (Phi) is 9.29. The number of carbonyl (C=O) groups is 2. The molecule has 2 amide bonds. The van der Waals surface area contributed by atoms with Crippen molar-refractivity contribution in [2.24, 2.45) is 13.0 Å². The summed E-state index contributed by atoms with van der Waals surface area (Å²) in [5.41, 5.74) is -3.00. The molecule has 0 radical (unpaired) electrons. The van der Waals surface area contributed by atoms with Crippen LogP contribution in [0.1, 0.15) is 23.7 Å². The fraction of sp³-hybridized carbons (Fsp3) is 0.300. The number of aromatic hydroxyl groups is 1. The van der Waals surface area contributed by atoms with Gasteiger partial charge in [0.25, 0.3) is 17.4 Å². The first-order valence-electron chi connectivity index (χ1n) is 18.6. The van der Waals surface area contributed by atoms with Gasteiger partial charge < -0.3 is 23.9 Å². The molecule has 5 heterocycles. The van der Waals surface area contributed by atoms with Gasteiger partial charge in [0.15, 0.2) is 44.5 Å². The van der Waals surface area contributed by atoms with Crippen molar-refractivity contribution < 1.29 is 50.9 Å². The highest BCUT2D eigenvalue weighted by Gasteiger charge is 2.76. The summed E-state index contributed by atoms with van der Waals surface area (Å²) in [6.45, 7) is -0.717. The number of hydrogen-bond acceptors (Lipinski definition) is 10. The highest BCUT2D eigenvalue weighted by Crippen LogP contribution is 2.63. The number of benzene rings is 3. The molecule has 22 heteroatoms. The SMILES string of the molecule is COc1cc2nc(CCn3c(=O)n4n(c3=O)C3CC5(Cl)C(=O)N(c6c(F)c(F)c(F)c(F)c6F)C(=O)C5(Cl)C(C5=COc6ccc(O)cc6C5)C3=CC4)c(=O)n(C)c2cc1OC. The largest absolute Gasteiger partial charge is 0.508 e. The minimum absolute atomic E-state index is 0.0188. The standard InChI is InChI=1S/C40H29Cl2F5N6O9/c1-49-22-13-26(61-3)25(60-2)12-21(22)48-20(34(49)55)7-8-50-37(58)51-9-6-19-23(53(51)38(50)59)14-39(41)35(56)52(33-31(46)29(44)28(43)30(45)32(33)47)36(57)40(39,42)27(19)17-10-16-11-18(54)4-5-24(16)62-15-17/h4-6,11-13,15,23,27,54H,7-10,14H2,1-3H3. The summed E-state index contributed by atoms with van der Waals surface area (Å²) in [5.74, 6) is -16.7. The number of alkyl halides is 2. The zero-order chi connectivity index (χ0) is 44.5. The first-order chi connectivity index (χ1) is 29.4. The lowest BCUT2D eigenvalue weighted by Crippen LogP contribution is -2.61. The van der Waals surface area contributed by atoms with Crippen LogP contribution in [0.2, 0.25) is 0 Å². The third-order valence-electron chi connectivity index (χ3n) is 11.9. The number of aryl methyl sites for hydroxylation is 2. The highest BCUT2D eigenvalue weighted by atomic mass is 35.5. The van der Waals surface area contributed by atoms with Gasteiger partial charge in [0.05, 0.1) is 44.1 Å². The van der Waals surface area contributed by atoms with Gasteiger partial charge >= 0.3 is 11.4 Å². The van der Waals surface area contributed by atoms with Crippen LogP contribution in [0.4, 0.5) is 27.6 Å². The number of halogens is 7. The average molecular weight is 904 g/mol. The van der Waals surface area contributed by atoms with Crippen LogP contribution in [0.5, 0.6) is 23.0 Å². The van der Waals surface area contributed by atoms with E-state index in [1.807, 2.05) is 0 Å². The number of rotatable bonds is 7. The van der Waals surface area contributed by atoms with E-state index in [0.717, 1.165) is 13.9 Å². The van der Waals surface area contributed by atoms with Gasteiger partial charge in [-0.25, -0.2) is 55.4 Å². The Morgan fingerprint density at radius 1 is 0.903 bits per heavy atom. The summed E-state index contributed by atoms with van der Waals surface area (Å²) in [7, 11) is 4.35. The van der Waals surface area contributed by atoms with Crippen LogP contribution in [0.3, 0.4) is 0 Å². The van der Waals surface area contributed by atoms with Crippen LogP contribution in [0.25, 0.3) is 11.0 Å². The van der Waals surface area contributed by atoms with Crippen LogP contribution in [-0.2, 0) is 42.6 Å². The van der Waals surface area contributed by atoms with Crippen molar-refractivity contribution >= 4 is 51.7 Å². The van der Waals surface area contributed by atoms with Crippen LogP contribution in [0.15, 0.2) is 68.2 Å². The Balaban J connectivity index is 1.16. The fourth-order valence-corrected chi connectivity index (χ4v) is 9.90. The second kappa shape index (κ2) is 14.1. The quantitative estimate of drug-likeness (QED) is 0.0622. The number of methoxy groups -OCH3 is 2. The molecule has 1 saturated heterocycles. The lowest BCUT2D eigenvalue weighted by Gasteiger charge is -2.49. The molecule has 62 heavy (non-hydrogen) atoms. The van der Waals surface area contributed by atoms with Gasteiger partial charge in [-0.2, -0.15) is 0 Å². The number of phenols is 1. The lowest BCUT2D eigenvalue weighted by atomic mass is 9.63. The average Bonchev–Trinajstić information content (AvgIpc) is 3.58. The maximum Gasteiger partial charge on any atom is 0.347 e. The van der Waals surface area contributed by atoms with Gasteiger partial charge in [-0.3, -0.25) is 14.4 Å². The highest BCUT2D eigenvalue weighted by molar-refractivity contribution is 6.58. The van der Waals surface area contributed by atoms with E-state index in [1.165, 1.54) is 56.4 Å². The minimum Gasteiger partial charge on any atom is -0.508 e. The van der Waals surface area contributed by atoms with Crippen LogP contribution in [-0.4, -0.2) is 64.4 Å². The molecule has 0 spiro atoms. The Labute approximate surface area is 353 Å². The van der Waals surface area contributed by atoms with Crippen molar-refractivity contribution in [3.8, 4) is 23.0 Å². The fourth-order valence-electron chi connectivity index (χ4n) is 8.97. The van der Waals surface area contributed by atoms with Gasteiger partial charge in [0, 0.05) is 56.5 Å². The lowest BCUT2D eigenvalue weighted by molar-refractivity contribution is -0.122. The Bertz CT molecular complexity index is 3100. The normalized spacial score (nSPS) is 22.7. The van der Waals surface area contributed by atoms with Crippen molar-refractivity contribution in [3.63, 3.8) is 0 Å². The number of carbonyl (C=O) groups excluding carboxylic acids is 2. The number of nitrogens with zero attached hydrogens (tertiary/aromatic N) is 6. The van der Waals surface area contributed by atoms with Gasteiger partial charge in [-0.1, -0.05) is 6.08 Å². The van der Waals surface area contributed by atoms with Crippen LogP contribution >= 0.6 is 23.2 Å². The molecule has 9 rings (SSSR count). The molecular formula is C40H29Cl2F5N6O9. The summed E-state index contributed by atoms with van der Waals surface area (Å²) in [6.07, 6.45) is 1.42. The molecule has 1 aliphatic carbocycles. The van der Waals surface area contributed by atoms with Gasteiger partial charge in [0.2, 0.25) is 5.82 Å². The van der Waals surface area contributed by atoms with Gasteiger partial charge in [-0.15, -0.1) is 23.2 Å². The molecule has 3 aromatic carbocycles. The number of anilines is 1. The number of ether oxygens (including phenoxy) is 3. The maximum atomic E-state index is 15.4. The topological polar surface area (TPSA) is 169 Å². The number of amides is 2. The second-order valence-corrected chi connectivity index (χ2v) is 16.3. The molecule has 3 aliphatic heterocycles. The first-order valence-corrected chi connectivity index (χ1v) is 19.3. The van der Waals surface area contributed by atoms with Crippen molar-refractivity contribution in [1.29, 1.82) is 0 Å². The maximum absolute atomic E-state index is 15.4. The van der Waals surface area contributed by atoms with Crippen LogP contribution < -0.4 is 36.0 Å². The van der Waals surface area contributed by atoms with E-state index in [1.54, 1.807) is 12.1 Å². The first kappa shape index (κ1) is 41.0. The number of fused-ring (bicyclic) bond motifs is 6. The van der Waals surface area contributed by atoms with Crippen molar-refractivity contribution in [2.45, 2.75) is 48.1 Å². The monoisotopic (exact) mass is 902 g/mol. The zero-order valence-corrected chi connectivity index (χ0v) is 33.8. The predicted octanol–water partition coefficient (Wildman–Crippen LogP) is 4.27. The van der Waals surface area contributed by atoms with Crippen molar-refractivity contribution in [1.82, 2.24) is 23.5 Å². The molecule has 4 atom stereocenters. The van der Waals surface area contributed by atoms with E-state index < -0.39 is 91.7 Å². The molecule has 5 aromatic rings. The van der Waals surface area contributed by atoms with E-state index in [9.17, 15) is 42.3 Å². The van der Waals surface area contributed by atoms with E-state index >= 15 is 8.78 Å². The predicted molar refractivity (Wildman–Crippen MR) is 208 cm³/mol. The molecule has 4 aliphatic rings. The van der Waals surface area contributed by atoms with Gasteiger partial charge in [-0.05, 0) is 29.3 Å². The number of aromatic nitrogens is 5. The summed E-state index contributed by atoms with van der Waals surface area (Å²) >= 11 is 14.4. The Morgan fingerprint density at radius 2 is 1.56 bits per heavy atom.